The van der Waals surface area contributed by atoms with Crippen LogP contribution in [0.4, 0.5) is 13.2 Å². The summed E-state index contributed by atoms with van der Waals surface area (Å²) in [5.41, 5.74) is 0.103. The van der Waals surface area contributed by atoms with Gasteiger partial charge in [-0.3, -0.25) is 0 Å². The third-order valence-electron chi connectivity index (χ3n) is 3.45. The van der Waals surface area contributed by atoms with Crippen LogP contribution in [0.1, 0.15) is 30.4 Å². The molecule has 0 aromatic heterocycles. The molecule has 100 valence electrons. The summed E-state index contributed by atoms with van der Waals surface area (Å²) in [4.78, 5) is 0. The predicted octanol–water partition coefficient (Wildman–Crippen LogP) is 3.17. The lowest BCUT2D eigenvalue weighted by atomic mass is 9.90. The van der Waals surface area contributed by atoms with Crippen molar-refractivity contribution in [2.45, 2.75) is 37.5 Å². The fraction of sp³-hybridized carbons (Fsp3) is 0.538. The molecule has 0 spiro atoms. The van der Waals surface area contributed by atoms with Crippen molar-refractivity contribution >= 4 is 0 Å². The van der Waals surface area contributed by atoms with Crippen LogP contribution < -0.4 is 4.74 Å². The second-order valence-electron chi connectivity index (χ2n) is 4.67. The molecule has 2 rings (SSSR count). The highest BCUT2D eigenvalue weighted by Gasteiger charge is 2.40. The molecule has 5 heteroatoms. The van der Waals surface area contributed by atoms with Gasteiger partial charge in [0.05, 0.1) is 12.7 Å². The lowest BCUT2D eigenvalue weighted by molar-refractivity contribution is -0.147. The Hall–Kier alpha value is -1.23. The molecule has 0 amide bonds. The number of rotatable bonds is 3. The Morgan fingerprint density at radius 1 is 1.39 bits per heavy atom. The summed E-state index contributed by atoms with van der Waals surface area (Å²) in [5, 5.41) is 10.4. The number of fused-ring (bicyclic) bond motifs is 1. The number of benzene rings is 1. The van der Waals surface area contributed by atoms with E-state index >= 15 is 0 Å². The number of alkyl halides is 3. The van der Waals surface area contributed by atoms with Crippen LogP contribution in [0.25, 0.3) is 0 Å². The van der Waals surface area contributed by atoms with Gasteiger partial charge in [-0.05, 0) is 42.5 Å². The van der Waals surface area contributed by atoms with E-state index in [1.165, 1.54) is 7.11 Å². The van der Waals surface area contributed by atoms with Crippen molar-refractivity contribution in [1.29, 1.82) is 0 Å². The van der Waals surface area contributed by atoms with Crippen molar-refractivity contribution in [3.05, 3.63) is 29.3 Å². The molecule has 1 unspecified atom stereocenters. The number of ether oxygens (including phenoxy) is 1. The average Bonchev–Trinajstić information content (AvgIpc) is 2.64. The Kier molecular flexibility index (Phi) is 3.27. The van der Waals surface area contributed by atoms with Crippen molar-refractivity contribution in [3.8, 4) is 5.75 Å². The molecule has 1 aromatic carbocycles. The van der Waals surface area contributed by atoms with E-state index in [2.05, 4.69) is 0 Å². The van der Waals surface area contributed by atoms with Crippen LogP contribution in [-0.4, -0.2) is 18.4 Å². The predicted molar refractivity (Wildman–Crippen MR) is 60.5 cm³/mol. The Bertz CT molecular complexity index is 442. The Labute approximate surface area is 103 Å². The zero-order valence-corrected chi connectivity index (χ0v) is 10.0. The average molecular weight is 260 g/mol. The Morgan fingerprint density at radius 3 is 2.72 bits per heavy atom. The third kappa shape index (κ3) is 2.61. The quantitative estimate of drug-likeness (QED) is 0.904. The highest BCUT2D eigenvalue weighted by atomic mass is 19.4. The number of halogens is 3. The number of aliphatic hydroxyl groups is 1. The van der Waals surface area contributed by atoms with E-state index in [0.717, 1.165) is 5.56 Å². The van der Waals surface area contributed by atoms with Gasteiger partial charge in [0.15, 0.2) is 0 Å². The maximum absolute atomic E-state index is 12.3. The molecule has 1 aromatic rings. The molecular formula is C13H15F3O2. The van der Waals surface area contributed by atoms with Crippen LogP contribution in [0.2, 0.25) is 0 Å². The monoisotopic (exact) mass is 260 g/mol. The minimum atomic E-state index is -4.24. The molecule has 0 radical (unpaired) electrons. The summed E-state index contributed by atoms with van der Waals surface area (Å²) in [6.07, 6.45) is -4.56. The summed E-state index contributed by atoms with van der Waals surface area (Å²) in [6, 6.07) is 5.20. The first-order valence-electron chi connectivity index (χ1n) is 5.81. The molecule has 0 saturated heterocycles. The number of aryl methyl sites for hydroxylation is 1. The van der Waals surface area contributed by atoms with Gasteiger partial charge in [-0.2, -0.15) is 13.2 Å². The van der Waals surface area contributed by atoms with E-state index in [1.54, 1.807) is 18.2 Å². The smallest absolute Gasteiger partial charge is 0.389 e. The molecule has 0 bridgehead atoms. The second-order valence-corrected chi connectivity index (χ2v) is 4.67. The largest absolute Gasteiger partial charge is 0.497 e. The van der Waals surface area contributed by atoms with E-state index < -0.39 is 18.2 Å². The topological polar surface area (TPSA) is 29.5 Å². The van der Waals surface area contributed by atoms with Crippen LogP contribution in [0.5, 0.6) is 5.75 Å². The lowest BCUT2D eigenvalue weighted by Crippen LogP contribution is -2.25. The zero-order chi connectivity index (χ0) is 13.4. The summed E-state index contributed by atoms with van der Waals surface area (Å²) >= 11 is 0. The number of hydrogen-bond donors (Lipinski definition) is 1. The third-order valence-corrected chi connectivity index (χ3v) is 3.45. The first kappa shape index (κ1) is 13.2. The van der Waals surface area contributed by atoms with Gasteiger partial charge >= 0.3 is 6.18 Å². The van der Waals surface area contributed by atoms with Crippen LogP contribution in [0, 0.1) is 0 Å². The van der Waals surface area contributed by atoms with Gasteiger partial charge in [0, 0.05) is 6.42 Å². The summed E-state index contributed by atoms with van der Waals surface area (Å²) in [7, 11) is 1.49. The molecule has 2 nitrogen and oxygen atoms in total. The van der Waals surface area contributed by atoms with E-state index in [4.69, 9.17) is 4.74 Å². The minimum Gasteiger partial charge on any atom is -0.497 e. The van der Waals surface area contributed by atoms with Gasteiger partial charge in [-0.15, -0.1) is 0 Å². The van der Waals surface area contributed by atoms with E-state index in [1.807, 2.05) is 0 Å². The summed E-state index contributed by atoms with van der Waals surface area (Å²) in [5.74, 6) is 0.557. The van der Waals surface area contributed by atoms with E-state index in [0.29, 0.717) is 24.2 Å². The molecule has 1 N–H and O–H groups in total. The summed E-state index contributed by atoms with van der Waals surface area (Å²) < 4.78 is 41.8. The SMILES string of the molecule is COc1ccc2c(c1)C(O)(CCC(F)(F)F)CC2. The maximum atomic E-state index is 12.3. The van der Waals surface area contributed by atoms with Crippen LogP contribution in [0.3, 0.4) is 0 Å². The van der Waals surface area contributed by atoms with Crippen molar-refractivity contribution in [3.63, 3.8) is 0 Å². The molecule has 1 atom stereocenters. The van der Waals surface area contributed by atoms with E-state index in [-0.39, 0.29) is 6.42 Å². The number of hydrogen-bond acceptors (Lipinski definition) is 2. The van der Waals surface area contributed by atoms with Crippen LogP contribution >= 0.6 is 0 Å². The minimum absolute atomic E-state index is 0.295. The lowest BCUT2D eigenvalue weighted by Gasteiger charge is -2.25. The van der Waals surface area contributed by atoms with Crippen molar-refractivity contribution in [2.24, 2.45) is 0 Å². The molecule has 0 heterocycles. The highest BCUT2D eigenvalue weighted by molar-refractivity contribution is 5.42. The molecule has 1 aliphatic rings. The van der Waals surface area contributed by atoms with Crippen LogP contribution in [0.15, 0.2) is 18.2 Å². The molecular weight excluding hydrogens is 245 g/mol. The van der Waals surface area contributed by atoms with Gasteiger partial charge in [-0.25, -0.2) is 0 Å². The highest BCUT2D eigenvalue weighted by Crippen LogP contribution is 2.43. The molecule has 0 fully saturated rings. The first-order valence-corrected chi connectivity index (χ1v) is 5.81. The van der Waals surface area contributed by atoms with Crippen molar-refractivity contribution < 1.29 is 23.0 Å². The molecule has 18 heavy (non-hydrogen) atoms. The van der Waals surface area contributed by atoms with Gasteiger partial charge in [0.2, 0.25) is 0 Å². The first-order chi connectivity index (χ1) is 8.34. The zero-order valence-electron chi connectivity index (χ0n) is 10.0. The van der Waals surface area contributed by atoms with Crippen molar-refractivity contribution in [2.75, 3.05) is 7.11 Å². The van der Waals surface area contributed by atoms with E-state index in [9.17, 15) is 18.3 Å². The van der Waals surface area contributed by atoms with Gasteiger partial charge in [0.25, 0.3) is 0 Å². The summed E-state index contributed by atoms with van der Waals surface area (Å²) in [6.45, 7) is 0. The van der Waals surface area contributed by atoms with Crippen molar-refractivity contribution in [1.82, 2.24) is 0 Å². The molecule has 1 aliphatic carbocycles. The van der Waals surface area contributed by atoms with Gasteiger partial charge < -0.3 is 9.84 Å². The fourth-order valence-corrected chi connectivity index (χ4v) is 2.42. The Morgan fingerprint density at radius 2 is 2.11 bits per heavy atom. The molecule has 0 saturated carbocycles. The number of methoxy groups -OCH3 is 1. The van der Waals surface area contributed by atoms with Gasteiger partial charge in [0.1, 0.15) is 5.75 Å². The fourth-order valence-electron chi connectivity index (χ4n) is 2.42. The van der Waals surface area contributed by atoms with Gasteiger partial charge in [-0.1, -0.05) is 6.07 Å². The molecule has 0 aliphatic heterocycles. The normalized spacial score (nSPS) is 22.9. The van der Waals surface area contributed by atoms with Crippen LogP contribution in [-0.2, 0) is 12.0 Å². The second kappa shape index (κ2) is 4.46. The maximum Gasteiger partial charge on any atom is 0.389 e. The Balaban J connectivity index is 2.23. The standard InChI is InChI=1S/C13H15F3O2/c1-18-10-3-2-9-4-5-12(17,11(9)8-10)6-7-13(14,15)16/h2-3,8,17H,4-7H2,1H3.